The second-order valence-electron chi connectivity index (χ2n) is 4.59. The Balaban J connectivity index is 1.89. The molecule has 1 N–H and O–H groups in total. The van der Waals surface area contributed by atoms with Gasteiger partial charge < -0.3 is 10.1 Å². The van der Waals surface area contributed by atoms with Crippen LogP contribution in [-0.4, -0.2) is 44.7 Å². The van der Waals surface area contributed by atoms with Gasteiger partial charge in [-0.1, -0.05) is 0 Å². The summed E-state index contributed by atoms with van der Waals surface area (Å²) < 4.78 is 28.3. The first-order chi connectivity index (χ1) is 7.07. The molecule has 2 aliphatic heterocycles. The van der Waals surface area contributed by atoms with Crippen molar-refractivity contribution in [2.45, 2.75) is 44.4 Å². The number of hydrogen-bond donors (Lipinski definition) is 1. The quantitative estimate of drug-likeness (QED) is 0.747. The summed E-state index contributed by atoms with van der Waals surface area (Å²) in [7, 11) is -2.79. The molecule has 2 rings (SSSR count). The Morgan fingerprint density at radius 1 is 1.33 bits per heavy atom. The smallest absolute Gasteiger partial charge is 0.151 e. The number of hydrogen-bond acceptors (Lipinski definition) is 4. The fourth-order valence-corrected chi connectivity index (χ4v) is 4.06. The topological polar surface area (TPSA) is 55.4 Å². The summed E-state index contributed by atoms with van der Waals surface area (Å²) in [6, 6.07) is 0.473. The Kier molecular flexibility index (Phi) is 3.33. The molecular weight excluding hydrogens is 214 g/mol. The Labute approximate surface area is 91.3 Å². The predicted octanol–water partition coefficient (Wildman–Crippen LogP) is 0.331. The van der Waals surface area contributed by atoms with E-state index in [9.17, 15) is 8.42 Å². The van der Waals surface area contributed by atoms with E-state index in [-0.39, 0.29) is 12.1 Å². The van der Waals surface area contributed by atoms with Crippen LogP contribution in [0.1, 0.15) is 26.2 Å². The van der Waals surface area contributed by atoms with Crippen molar-refractivity contribution in [2.24, 2.45) is 0 Å². The summed E-state index contributed by atoms with van der Waals surface area (Å²) >= 11 is 0. The lowest BCUT2D eigenvalue weighted by molar-refractivity contribution is 0.111. The van der Waals surface area contributed by atoms with Crippen molar-refractivity contribution in [1.82, 2.24) is 5.32 Å². The maximum atomic E-state index is 11.4. The molecule has 0 saturated carbocycles. The molecule has 3 atom stereocenters. The minimum absolute atomic E-state index is 0.137. The van der Waals surface area contributed by atoms with E-state index in [1.54, 1.807) is 0 Å². The molecule has 2 saturated heterocycles. The lowest BCUT2D eigenvalue weighted by Crippen LogP contribution is -2.47. The first-order valence-electron chi connectivity index (χ1n) is 5.65. The normalized spacial score (nSPS) is 40.5. The van der Waals surface area contributed by atoms with Gasteiger partial charge in [-0.2, -0.15) is 0 Å². The van der Waals surface area contributed by atoms with Crippen LogP contribution in [0.5, 0.6) is 0 Å². The number of ether oxygens (including phenoxy) is 1. The third kappa shape index (κ3) is 2.92. The third-order valence-corrected chi connectivity index (χ3v) is 5.11. The van der Waals surface area contributed by atoms with Gasteiger partial charge in [-0.3, -0.25) is 0 Å². The number of rotatable bonds is 2. The highest BCUT2D eigenvalue weighted by atomic mass is 32.2. The Hall–Kier alpha value is -0.130. The molecule has 0 spiro atoms. The van der Waals surface area contributed by atoms with Crippen molar-refractivity contribution in [2.75, 3.05) is 18.1 Å². The van der Waals surface area contributed by atoms with E-state index in [0.717, 1.165) is 25.9 Å². The zero-order valence-corrected chi connectivity index (χ0v) is 9.92. The fraction of sp³-hybridized carbons (Fsp3) is 1.00. The summed E-state index contributed by atoms with van der Waals surface area (Å²) in [5, 5.41) is 3.42. The molecule has 0 aromatic heterocycles. The third-order valence-electron chi connectivity index (χ3n) is 3.29. The Morgan fingerprint density at radius 3 is 2.73 bits per heavy atom. The SMILES string of the molecule is CC1OCCC1NC1CCCS(=O)(=O)C1. The molecule has 3 unspecified atom stereocenters. The van der Waals surface area contributed by atoms with Crippen molar-refractivity contribution < 1.29 is 13.2 Å². The molecular formula is C10H19NO3S. The molecule has 2 fully saturated rings. The van der Waals surface area contributed by atoms with E-state index in [1.165, 1.54) is 0 Å². The van der Waals surface area contributed by atoms with Crippen LogP contribution in [-0.2, 0) is 14.6 Å². The summed E-state index contributed by atoms with van der Waals surface area (Å²) in [4.78, 5) is 0. The van der Waals surface area contributed by atoms with Gasteiger partial charge in [0.1, 0.15) is 0 Å². The number of sulfone groups is 1. The molecule has 2 aliphatic rings. The van der Waals surface area contributed by atoms with Gasteiger partial charge in [0.05, 0.1) is 17.6 Å². The molecule has 0 aromatic rings. The Morgan fingerprint density at radius 2 is 2.13 bits per heavy atom. The van der Waals surface area contributed by atoms with Crippen molar-refractivity contribution in [3.8, 4) is 0 Å². The van der Waals surface area contributed by atoms with E-state index < -0.39 is 9.84 Å². The van der Waals surface area contributed by atoms with Gasteiger partial charge in [0.15, 0.2) is 9.84 Å². The van der Waals surface area contributed by atoms with Crippen molar-refractivity contribution in [3.05, 3.63) is 0 Å². The highest BCUT2D eigenvalue weighted by Crippen LogP contribution is 2.17. The van der Waals surface area contributed by atoms with E-state index in [2.05, 4.69) is 5.32 Å². The van der Waals surface area contributed by atoms with Gasteiger partial charge in [-0.25, -0.2) is 8.42 Å². The molecule has 15 heavy (non-hydrogen) atoms. The summed E-state index contributed by atoms with van der Waals surface area (Å²) in [6.45, 7) is 2.83. The van der Waals surface area contributed by atoms with Crippen LogP contribution in [0.15, 0.2) is 0 Å². The summed E-state index contributed by atoms with van der Waals surface area (Å²) in [5.74, 6) is 0.665. The van der Waals surface area contributed by atoms with Gasteiger partial charge in [0.25, 0.3) is 0 Å². The molecule has 88 valence electrons. The van der Waals surface area contributed by atoms with E-state index in [0.29, 0.717) is 17.5 Å². The summed E-state index contributed by atoms with van der Waals surface area (Å²) in [6.07, 6.45) is 2.98. The minimum atomic E-state index is -2.79. The van der Waals surface area contributed by atoms with Crippen molar-refractivity contribution in [3.63, 3.8) is 0 Å². The molecule has 0 amide bonds. The molecule has 2 heterocycles. The number of nitrogens with one attached hydrogen (secondary N) is 1. The monoisotopic (exact) mass is 233 g/mol. The van der Waals surface area contributed by atoms with Gasteiger partial charge in [0.2, 0.25) is 0 Å². The van der Waals surface area contributed by atoms with Gasteiger partial charge in [-0.15, -0.1) is 0 Å². The predicted molar refractivity (Wildman–Crippen MR) is 58.6 cm³/mol. The maximum Gasteiger partial charge on any atom is 0.151 e. The zero-order chi connectivity index (χ0) is 10.9. The van der Waals surface area contributed by atoms with Gasteiger partial charge in [0, 0.05) is 18.7 Å². The largest absolute Gasteiger partial charge is 0.377 e. The van der Waals surface area contributed by atoms with Crippen LogP contribution in [0.3, 0.4) is 0 Å². The van der Waals surface area contributed by atoms with E-state index in [1.807, 2.05) is 6.92 Å². The van der Waals surface area contributed by atoms with Crippen LogP contribution >= 0.6 is 0 Å². The second-order valence-corrected chi connectivity index (χ2v) is 6.82. The maximum absolute atomic E-state index is 11.4. The molecule has 0 radical (unpaired) electrons. The van der Waals surface area contributed by atoms with Gasteiger partial charge >= 0.3 is 0 Å². The van der Waals surface area contributed by atoms with Crippen LogP contribution in [0.2, 0.25) is 0 Å². The average molecular weight is 233 g/mol. The lowest BCUT2D eigenvalue weighted by Gasteiger charge is -2.27. The van der Waals surface area contributed by atoms with Crippen molar-refractivity contribution >= 4 is 9.84 Å². The fourth-order valence-electron chi connectivity index (χ4n) is 2.41. The molecule has 0 bridgehead atoms. The van der Waals surface area contributed by atoms with Crippen LogP contribution < -0.4 is 5.32 Å². The standard InChI is InChI=1S/C10H19NO3S/c1-8-10(4-5-14-8)11-9-3-2-6-15(12,13)7-9/h8-11H,2-7H2,1H3. The first-order valence-corrected chi connectivity index (χ1v) is 7.47. The molecule has 5 heteroatoms. The molecule has 0 aliphatic carbocycles. The highest BCUT2D eigenvalue weighted by molar-refractivity contribution is 7.91. The van der Waals surface area contributed by atoms with Gasteiger partial charge in [-0.05, 0) is 26.2 Å². The molecule has 4 nitrogen and oxygen atoms in total. The van der Waals surface area contributed by atoms with E-state index >= 15 is 0 Å². The lowest BCUT2D eigenvalue weighted by atomic mass is 10.1. The van der Waals surface area contributed by atoms with Crippen LogP contribution in [0.4, 0.5) is 0 Å². The highest BCUT2D eigenvalue weighted by Gasteiger charge is 2.30. The summed E-state index contributed by atoms with van der Waals surface area (Å²) in [5.41, 5.74) is 0. The van der Waals surface area contributed by atoms with E-state index in [4.69, 9.17) is 4.74 Å². The van der Waals surface area contributed by atoms with Crippen molar-refractivity contribution in [1.29, 1.82) is 0 Å². The van der Waals surface area contributed by atoms with Crippen LogP contribution in [0, 0.1) is 0 Å². The minimum Gasteiger partial charge on any atom is -0.377 e. The second kappa shape index (κ2) is 4.39. The van der Waals surface area contributed by atoms with Crippen LogP contribution in [0.25, 0.3) is 0 Å². The zero-order valence-electron chi connectivity index (χ0n) is 9.11. The first kappa shape index (κ1) is 11.4. The Bertz CT molecular complexity index is 315. The average Bonchev–Trinajstić information content (AvgIpc) is 2.50. The molecule has 0 aromatic carbocycles.